The highest BCUT2D eigenvalue weighted by molar-refractivity contribution is 8.26. The SMILES string of the molecule is O=C(O)CN1C(=O)C(=Cc2ccc(OC(Cc3ccccc3)C3=COCO3)cc2)SC1=S. The number of carboxylic acids is 1. The summed E-state index contributed by atoms with van der Waals surface area (Å²) in [4.78, 5) is 24.8. The van der Waals surface area contributed by atoms with Gasteiger partial charge in [0.25, 0.3) is 5.91 Å². The average Bonchev–Trinajstić information content (AvgIpc) is 3.40. The summed E-state index contributed by atoms with van der Waals surface area (Å²) in [7, 11) is 0. The van der Waals surface area contributed by atoms with Crippen molar-refractivity contribution >= 4 is 46.3 Å². The molecule has 7 nitrogen and oxygen atoms in total. The predicted octanol–water partition coefficient (Wildman–Crippen LogP) is 3.81. The lowest BCUT2D eigenvalue weighted by Crippen LogP contribution is -2.33. The Morgan fingerprint density at radius 2 is 1.97 bits per heavy atom. The van der Waals surface area contributed by atoms with Crippen molar-refractivity contribution in [2.75, 3.05) is 13.3 Å². The Morgan fingerprint density at radius 3 is 2.62 bits per heavy atom. The molecular formula is C23H19NO6S2. The van der Waals surface area contributed by atoms with E-state index < -0.39 is 18.4 Å². The molecule has 164 valence electrons. The lowest BCUT2D eigenvalue weighted by Gasteiger charge is -2.19. The zero-order chi connectivity index (χ0) is 22.5. The Kier molecular flexibility index (Phi) is 6.77. The van der Waals surface area contributed by atoms with Gasteiger partial charge in [0.05, 0.1) is 4.91 Å². The molecule has 0 saturated carbocycles. The van der Waals surface area contributed by atoms with Gasteiger partial charge in [-0.15, -0.1) is 0 Å². The fourth-order valence-electron chi connectivity index (χ4n) is 3.18. The fraction of sp³-hybridized carbons (Fsp3) is 0.174. The molecule has 0 aliphatic carbocycles. The number of carbonyl (C=O) groups excluding carboxylic acids is 1. The van der Waals surface area contributed by atoms with Crippen LogP contribution in [-0.4, -0.2) is 45.6 Å². The average molecular weight is 470 g/mol. The van der Waals surface area contributed by atoms with Crippen LogP contribution in [0.1, 0.15) is 11.1 Å². The van der Waals surface area contributed by atoms with E-state index in [0.717, 1.165) is 27.8 Å². The van der Waals surface area contributed by atoms with Crippen molar-refractivity contribution in [3.63, 3.8) is 0 Å². The third kappa shape index (κ3) is 5.30. The molecule has 0 radical (unpaired) electrons. The Balaban J connectivity index is 1.46. The van der Waals surface area contributed by atoms with Crippen LogP contribution < -0.4 is 4.74 Å². The van der Waals surface area contributed by atoms with Crippen molar-refractivity contribution < 1.29 is 28.9 Å². The summed E-state index contributed by atoms with van der Waals surface area (Å²) in [5.41, 5.74) is 1.88. The van der Waals surface area contributed by atoms with E-state index in [1.807, 2.05) is 42.5 Å². The first kappa shape index (κ1) is 21.9. The first-order valence-corrected chi connectivity index (χ1v) is 10.9. The van der Waals surface area contributed by atoms with E-state index in [4.69, 9.17) is 31.5 Å². The van der Waals surface area contributed by atoms with Crippen LogP contribution in [0.5, 0.6) is 5.75 Å². The number of hydrogen-bond donors (Lipinski definition) is 1. The summed E-state index contributed by atoms with van der Waals surface area (Å²) < 4.78 is 17.1. The van der Waals surface area contributed by atoms with Crippen molar-refractivity contribution in [1.82, 2.24) is 4.90 Å². The molecule has 1 unspecified atom stereocenters. The Bertz CT molecular complexity index is 1080. The van der Waals surface area contributed by atoms with Gasteiger partial charge in [-0.2, -0.15) is 0 Å². The molecule has 2 aromatic carbocycles. The third-order valence-corrected chi connectivity index (χ3v) is 6.08. The molecule has 1 fully saturated rings. The molecule has 0 bridgehead atoms. The molecule has 32 heavy (non-hydrogen) atoms. The number of nitrogens with zero attached hydrogens (tertiary/aromatic N) is 1. The maximum absolute atomic E-state index is 12.4. The number of thioether (sulfide) groups is 1. The molecule has 4 rings (SSSR count). The second-order valence-electron chi connectivity index (χ2n) is 6.98. The number of aliphatic carboxylic acids is 1. The van der Waals surface area contributed by atoms with Gasteiger partial charge in [0.1, 0.15) is 22.9 Å². The molecule has 2 aromatic rings. The maximum atomic E-state index is 12.4. The molecular weight excluding hydrogens is 450 g/mol. The van der Waals surface area contributed by atoms with Crippen molar-refractivity contribution in [1.29, 1.82) is 0 Å². The summed E-state index contributed by atoms with van der Waals surface area (Å²) in [5.74, 6) is -0.255. The van der Waals surface area contributed by atoms with Crippen molar-refractivity contribution in [2.24, 2.45) is 0 Å². The lowest BCUT2D eigenvalue weighted by atomic mass is 10.1. The predicted molar refractivity (Wildman–Crippen MR) is 124 cm³/mol. The molecule has 2 aliphatic rings. The number of rotatable bonds is 8. The fourth-order valence-corrected chi connectivity index (χ4v) is 4.43. The summed E-state index contributed by atoms with van der Waals surface area (Å²) in [5, 5.41) is 8.94. The van der Waals surface area contributed by atoms with Crippen LogP contribution in [0.15, 0.2) is 71.5 Å². The van der Waals surface area contributed by atoms with Gasteiger partial charge in [0.2, 0.25) is 6.79 Å². The minimum Gasteiger partial charge on any atom is -0.482 e. The quantitative estimate of drug-likeness (QED) is 0.462. The number of carboxylic acid groups (broad SMARTS) is 1. The zero-order valence-corrected chi connectivity index (χ0v) is 18.4. The van der Waals surface area contributed by atoms with Gasteiger partial charge in [0, 0.05) is 6.42 Å². The highest BCUT2D eigenvalue weighted by Gasteiger charge is 2.33. The lowest BCUT2D eigenvalue weighted by molar-refractivity contribution is -0.140. The van der Waals surface area contributed by atoms with E-state index in [2.05, 4.69) is 0 Å². The van der Waals surface area contributed by atoms with Crippen LogP contribution in [0.2, 0.25) is 0 Å². The molecule has 1 atom stereocenters. The molecule has 1 amide bonds. The van der Waals surface area contributed by atoms with Crippen LogP contribution in [0.3, 0.4) is 0 Å². The first-order valence-electron chi connectivity index (χ1n) is 9.72. The maximum Gasteiger partial charge on any atom is 0.323 e. The van der Waals surface area contributed by atoms with Gasteiger partial charge in [-0.05, 0) is 29.3 Å². The minimum absolute atomic E-state index is 0.170. The highest BCUT2D eigenvalue weighted by Crippen LogP contribution is 2.32. The summed E-state index contributed by atoms with van der Waals surface area (Å²) >= 11 is 6.21. The van der Waals surface area contributed by atoms with Gasteiger partial charge in [0.15, 0.2) is 11.9 Å². The van der Waals surface area contributed by atoms with E-state index in [1.54, 1.807) is 24.5 Å². The number of carbonyl (C=O) groups is 2. The molecule has 9 heteroatoms. The zero-order valence-electron chi connectivity index (χ0n) is 16.8. The topological polar surface area (TPSA) is 85.3 Å². The molecule has 0 aromatic heterocycles. The van der Waals surface area contributed by atoms with Crippen LogP contribution in [0.4, 0.5) is 0 Å². The molecule has 0 spiro atoms. The molecule has 2 aliphatic heterocycles. The third-order valence-electron chi connectivity index (χ3n) is 4.70. The number of amides is 1. The van der Waals surface area contributed by atoms with Gasteiger partial charge in [-0.3, -0.25) is 14.5 Å². The van der Waals surface area contributed by atoms with E-state index in [-0.39, 0.29) is 17.2 Å². The summed E-state index contributed by atoms with van der Waals surface area (Å²) in [6.45, 7) is -0.276. The summed E-state index contributed by atoms with van der Waals surface area (Å²) in [6.07, 6.45) is 3.52. The van der Waals surface area contributed by atoms with E-state index >= 15 is 0 Å². The minimum atomic E-state index is -1.11. The highest BCUT2D eigenvalue weighted by atomic mass is 32.2. The molecule has 1 saturated heterocycles. The first-order chi connectivity index (χ1) is 15.5. The van der Waals surface area contributed by atoms with E-state index in [1.165, 1.54) is 0 Å². The van der Waals surface area contributed by atoms with Gasteiger partial charge < -0.3 is 19.3 Å². The number of hydrogen-bond acceptors (Lipinski definition) is 7. The van der Waals surface area contributed by atoms with Gasteiger partial charge in [-0.1, -0.05) is 66.4 Å². The second-order valence-corrected chi connectivity index (χ2v) is 8.65. The number of thiocarbonyl (C=S) groups is 1. The standard InChI is InChI=1S/C23H19NO6S2/c25-21(26)12-24-22(27)20(32-23(24)31)11-16-6-8-17(9-7-16)30-18(19-13-28-14-29-19)10-15-4-2-1-3-5-15/h1-9,11,13,18H,10,12,14H2,(H,25,26). The smallest absolute Gasteiger partial charge is 0.323 e. The van der Waals surface area contributed by atoms with E-state index in [0.29, 0.717) is 22.8 Å². The second kappa shape index (κ2) is 9.88. The van der Waals surface area contributed by atoms with Crippen molar-refractivity contribution in [3.8, 4) is 5.75 Å². The monoisotopic (exact) mass is 469 g/mol. The Hall–Kier alpha value is -3.30. The normalized spacial score (nSPS) is 17.7. The Morgan fingerprint density at radius 1 is 1.22 bits per heavy atom. The molecule has 1 N–H and O–H groups in total. The van der Waals surface area contributed by atoms with Gasteiger partial charge in [-0.25, -0.2) is 0 Å². The van der Waals surface area contributed by atoms with Crippen molar-refractivity contribution in [3.05, 3.63) is 82.7 Å². The van der Waals surface area contributed by atoms with Crippen LogP contribution >= 0.6 is 24.0 Å². The van der Waals surface area contributed by atoms with Crippen LogP contribution in [0.25, 0.3) is 6.08 Å². The Labute approximate surface area is 194 Å². The van der Waals surface area contributed by atoms with Crippen molar-refractivity contribution in [2.45, 2.75) is 12.5 Å². The van der Waals surface area contributed by atoms with Crippen LogP contribution in [-0.2, 0) is 25.5 Å². The van der Waals surface area contributed by atoms with Crippen LogP contribution in [0, 0.1) is 0 Å². The number of benzene rings is 2. The van der Waals surface area contributed by atoms with E-state index in [9.17, 15) is 9.59 Å². The largest absolute Gasteiger partial charge is 0.482 e. The van der Waals surface area contributed by atoms with Gasteiger partial charge >= 0.3 is 5.97 Å². The number of ether oxygens (including phenoxy) is 3. The molecule has 2 heterocycles. The summed E-state index contributed by atoms with van der Waals surface area (Å²) in [6, 6.07) is 17.2.